The fraction of sp³-hybridized carbons (Fsp3) is 0.281. The fourth-order valence-electron chi connectivity index (χ4n) is 5.76. The van der Waals surface area contributed by atoms with Gasteiger partial charge in [-0.15, -0.1) is 0 Å². The Labute approximate surface area is 250 Å². The zero-order valence-electron chi connectivity index (χ0n) is 23.2. The highest BCUT2D eigenvalue weighted by Crippen LogP contribution is 2.45. The summed E-state index contributed by atoms with van der Waals surface area (Å²) in [7, 11) is -2.39. The van der Waals surface area contributed by atoms with Crippen molar-refractivity contribution in [1.82, 2.24) is 9.80 Å². The largest absolute Gasteiger partial charge is 0.508 e. The van der Waals surface area contributed by atoms with Crippen LogP contribution in [0.2, 0.25) is 0 Å². The first-order valence-electron chi connectivity index (χ1n) is 13.9. The number of halogens is 1. The first-order valence-corrected chi connectivity index (χ1v) is 15.9. The highest BCUT2D eigenvalue weighted by Gasteiger charge is 2.44. The third kappa shape index (κ3) is 6.36. The van der Waals surface area contributed by atoms with E-state index in [1.54, 1.807) is 30.3 Å². The number of phenolic OH excluding ortho intramolecular Hbond substituents is 1. The van der Waals surface area contributed by atoms with E-state index in [0.717, 1.165) is 18.5 Å². The minimum atomic E-state index is -4.35. The van der Waals surface area contributed by atoms with E-state index in [-0.39, 0.29) is 29.0 Å². The molecule has 3 atom stereocenters. The van der Waals surface area contributed by atoms with Gasteiger partial charge in [-0.3, -0.25) is 4.57 Å². The van der Waals surface area contributed by atoms with Crippen LogP contribution in [0.25, 0.3) is 11.1 Å². The van der Waals surface area contributed by atoms with Gasteiger partial charge in [0.2, 0.25) is 0 Å². The Balaban J connectivity index is 1.43. The second-order valence-corrected chi connectivity index (χ2v) is 12.7. The van der Waals surface area contributed by atoms with Crippen LogP contribution in [0.4, 0.5) is 4.39 Å². The smallest absolute Gasteiger partial charge is 0.356 e. The van der Waals surface area contributed by atoms with Gasteiger partial charge < -0.3 is 29.8 Å². The van der Waals surface area contributed by atoms with Gasteiger partial charge in [-0.05, 0) is 97.4 Å². The average molecular weight is 609 g/mol. The molecule has 42 heavy (non-hydrogen) atoms. The van der Waals surface area contributed by atoms with Gasteiger partial charge >= 0.3 is 7.60 Å². The lowest BCUT2D eigenvalue weighted by atomic mass is 9.91. The van der Waals surface area contributed by atoms with Crippen molar-refractivity contribution in [2.45, 2.75) is 50.3 Å². The maximum atomic E-state index is 13.3. The molecule has 10 heteroatoms. The first kappa shape index (κ1) is 30.1. The van der Waals surface area contributed by atoms with Crippen LogP contribution in [0.3, 0.4) is 0 Å². The molecule has 0 radical (unpaired) electrons. The minimum absolute atomic E-state index is 0.0635. The van der Waals surface area contributed by atoms with E-state index in [4.69, 9.17) is 12.2 Å². The van der Waals surface area contributed by atoms with Crippen molar-refractivity contribution in [1.29, 1.82) is 0 Å². The molecular formula is C32H34FN2O5PS. The van der Waals surface area contributed by atoms with Crippen LogP contribution in [-0.4, -0.2) is 48.0 Å². The third-order valence-electron chi connectivity index (χ3n) is 8.02. The monoisotopic (exact) mass is 608 g/mol. The molecule has 1 aliphatic heterocycles. The number of aliphatic hydroxyl groups is 1. The van der Waals surface area contributed by atoms with Gasteiger partial charge in [-0.2, -0.15) is 0 Å². The van der Waals surface area contributed by atoms with Crippen LogP contribution >= 0.6 is 19.8 Å². The van der Waals surface area contributed by atoms with Crippen molar-refractivity contribution in [2.75, 3.05) is 7.05 Å². The molecule has 0 amide bonds. The lowest BCUT2D eigenvalue weighted by molar-refractivity contribution is 0.158. The zero-order chi connectivity index (χ0) is 30.0. The number of nitrogens with zero attached hydrogens (tertiary/aromatic N) is 2. The van der Waals surface area contributed by atoms with E-state index < -0.39 is 13.7 Å². The number of allylic oxidation sites excluding steroid dienone is 3. The normalized spacial score (nSPS) is 19.7. The lowest BCUT2D eigenvalue weighted by Gasteiger charge is -2.30. The molecular weight excluding hydrogens is 574 g/mol. The van der Waals surface area contributed by atoms with Gasteiger partial charge in [0.05, 0.1) is 23.5 Å². The Morgan fingerprint density at radius 3 is 2.33 bits per heavy atom. The van der Waals surface area contributed by atoms with Crippen LogP contribution in [0, 0.1) is 5.82 Å². The van der Waals surface area contributed by atoms with Gasteiger partial charge in [-0.25, -0.2) is 4.39 Å². The molecule has 7 nitrogen and oxygen atoms in total. The number of hydrogen-bond acceptors (Lipinski definition) is 4. The second kappa shape index (κ2) is 12.5. The van der Waals surface area contributed by atoms with E-state index in [2.05, 4.69) is 28.0 Å². The molecule has 4 N–H and O–H groups in total. The molecule has 0 saturated carbocycles. The maximum absolute atomic E-state index is 13.3. The summed E-state index contributed by atoms with van der Waals surface area (Å²) in [4.78, 5) is 23.0. The molecule has 3 aromatic rings. The Morgan fingerprint density at radius 2 is 1.71 bits per heavy atom. The van der Waals surface area contributed by atoms with Crippen molar-refractivity contribution in [3.63, 3.8) is 0 Å². The minimum Gasteiger partial charge on any atom is -0.508 e. The summed E-state index contributed by atoms with van der Waals surface area (Å²) in [6.45, 7) is 0. The highest BCUT2D eigenvalue weighted by molar-refractivity contribution is 7.80. The summed E-state index contributed by atoms with van der Waals surface area (Å²) in [5, 5.41) is 22.7. The molecule has 0 spiro atoms. The van der Waals surface area contributed by atoms with Crippen molar-refractivity contribution in [3.8, 4) is 16.9 Å². The van der Waals surface area contributed by atoms with Crippen molar-refractivity contribution in [3.05, 3.63) is 108 Å². The summed E-state index contributed by atoms with van der Waals surface area (Å²) in [5.74, 6) is -0.249. The summed E-state index contributed by atoms with van der Waals surface area (Å²) in [6, 6.07) is 17.0. The molecule has 220 valence electrons. The SMILES string of the molecule is CN1C(=S)N(C2=CCCC=C2)C(c2ccc(-c3ccc(P(=O)(O)O)cc3)cc2O)C1CCCC(O)c1ccc(F)cc1. The Bertz CT molecular complexity index is 1550. The van der Waals surface area contributed by atoms with E-state index in [9.17, 15) is 29.0 Å². The molecule has 3 unspecified atom stereocenters. The van der Waals surface area contributed by atoms with Crippen molar-refractivity contribution >= 4 is 30.2 Å². The van der Waals surface area contributed by atoms with Gasteiger partial charge in [0, 0.05) is 18.3 Å². The van der Waals surface area contributed by atoms with Crippen LogP contribution < -0.4 is 5.30 Å². The molecule has 1 saturated heterocycles. The Kier molecular flexibility index (Phi) is 8.97. The molecule has 2 aliphatic rings. The molecule has 1 aliphatic carbocycles. The number of rotatable bonds is 9. The third-order valence-corrected chi connectivity index (χ3v) is 9.48. The molecule has 1 heterocycles. The van der Waals surface area contributed by atoms with Gasteiger partial charge in [0.25, 0.3) is 0 Å². The summed E-state index contributed by atoms with van der Waals surface area (Å²) >= 11 is 5.92. The van der Waals surface area contributed by atoms with Crippen molar-refractivity contribution < 1.29 is 29.0 Å². The predicted octanol–water partition coefficient (Wildman–Crippen LogP) is 6.08. The first-order chi connectivity index (χ1) is 20.0. The van der Waals surface area contributed by atoms with Gasteiger partial charge in [-0.1, -0.05) is 48.6 Å². The highest BCUT2D eigenvalue weighted by atomic mass is 32.1. The van der Waals surface area contributed by atoms with Gasteiger partial charge in [0.15, 0.2) is 5.11 Å². The van der Waals surface area contributed by atoms with Crippen LogP contribution in [0.15, 0.2) is 90.7 Å². The van der Waals surface area contributed by atoms with E-state index >= 15 is 0 Å². The number of benzene rings is 3. The maximum Gasteiger partial charge on any atom is 0.356 e. The van der Waals surface area contributed by atoms with E-state index in [1.165, 1.54) is 24.3 Å². The summed E-state index contributed by atoms with van der Waals surface area (Å²) in [6.07, 6.45) is 9.33. The average Bonchev–Trinajstić information content (AvgIpc) is 3.22. The zero-order valence-corrected chi connectivity index (χ0v) is 24.9. The quantitative estimate of drug-likeness (QED) is 0.171. The number of aliphatic hydroxyl groups excluding tert-OH is 1. The topological polar surface area (TPSA) is 104 Å². The predicted molar refractivity (Wildman–Crippen MR) is 166 cm³/mol. The molecule has 3 aromatic carbocycles. The van der Waals surface area contributed by atoms with Crippen LogP contribution in [0.5, 0.6) is 5.75 Å². The summed E-state index contributed by atoms with van der Waals surface area (Å²) < 4.78 is 24.9. The van der Waals surface area contributed by atoms with E-state index in [1.807, 2.05) is 19.2 Å². The molecule has 5 rings (SSSR count). The Hall–Kier alpha value is -3.33. The number of phenols is 1. The fourth-order valence-corrected chi connectivity index (χ4v) is 6.65. The second-order valence-electron chi connectivity index (χ2n) is 10.7. The standard InChI is InChI=1S/C32H34FN2O5PS/c1-34-28(8-5-9-29(36)22-10-15-24(33)16-11-22)31(35(32(34)42)25-6-3-2-4-7-25)27-19-14-23(20-30(27)37)21-12-17-26(18-13-21)41(38,39)40/h3,6-7,10-20,28-29,31,36-37H,2,4-5,8-9H2,1H3,(H2,38,39,40). The van der Waals surface area contributed by atoms with Crippen molar-refractivity contribution in [2.24, 2.45) is 0 Å². The number of likely N-dealkylation sites (N-methyl/N-ethyl adjacent to an activating group) is 1. The summed E-state index contributed by atoms with van der Waals surface area (Å²) in [5.41, 5.74) is 3.79. The van der Waals surface area contributed by atoms with Gasteiger partial charge in [0.1, 0.15) is 11.6 Å². The lowest BCUT2D eigenvalue weighted by Crippen LogP contribution is -2.30. The molecule has 0 aromatic heterocycles. The molecule has 0 bridgehead atoms. The number of aromatic hydroxyl groups is 1. The number of thiocarbonyl (C=S) groups is 1. The van der Waals surface area contributed by atoms with E-state index in [0.29, 0.717) is 46.6 Å². The van der Waals surface area contributed by atoms with Crippen LogP contribution in [0.1, 0.15) is 55.4 Å². The van der Waals surface area contributed by atoms with Crippen LogP contribution in [-0.2, 0) is 4.57 Å². The molecule has 1 fully saturated rings. The number of hydrogen-bond donors (Lipinski definition) is 4. The Morgan fingerprint density at radius 1 is 1.02 bits per heavy atom.